The van der Waals surface area contributed by atoms with Crippen LogP contribution in [0.15, 0.2) is 70.2 Å². The number of carbonyl (C=O) groups is 1. The molecule has 4 rings (SSSR count). The summed E-state index contributed by atoms with van der Waals surface area (Å²) < 4.78 is 30.8. The SMILES string of the molecule is Cc1ccc2nc(N(Cc3ccco3)C(=O)c3ccccc3S(C)(=O)=O)sc2c1. The van der Waals surface area contributed by atoms with Crippen molar-refractivity contribution >= 4 is 42.4 Å². The average Bonchev–Trinajstić information content (AvgIpc) is 3.34. The van der Waals surface area contributed by atoms with Crippen molar-refractivity contribution in [1.82, 2.24) is 4.98 Å². The van der Waals surface area contributed by atoms with Gasteiger partial charge >= 0.3 is 0 Å². The van der Waals surface area contributed by atoms with Gasteiger partial charge in [-0.15, -0.1) is 0 Å². The molecule has 2 heterocycles. The van der Waals surface area contributed by atoms with Gasteiger partial charge in [-0.25, -0.2) is 13.4 Å². The summed E-state index contributed by atoms with van der Waals surface area (Å²) in [5, 5.41) is 0.482. The lowest BCUT2D eigenvalue weighted by molar-refractivity contribution is 0.0980. The number of aromatic nitrogens is 1. The standard InChI is InChI=1S/C21H18N2O4S2/c1-14-9-10-17-18(12-14)28-21(22-17)23(13-15-6-5-11-27-15)20(24)16-7-3-4-8-19(16)29(2,25)26/h3-12H,13H2,1-2H3. The molecular weight excluding hydrogens is 408 g/mol. The highest BCUT2D eigenvalue weighted by molar-refractivity contribution is 7.90. The van der Waals surface area contributed by atoms with Gasteiger partial charge in [0.2, 0.25) is 0 Å². The van der Waals surface area contributed by atoms with Crippen molar-refractivity contribution in [2.45, 2.75) is 18.4 Å². The number of amides is 1. The number of aryl methyl sites for hydroxylation is 1. The van der Waals surface area contributed by atoms with Crippen molar-refractivity contribution < 1.29 is 17.6 Å². The molecule has 0 aliphatic rings. The molecule has 1 amide bonds. The highest BCUT2D eigenvalue weighted by Crippen LogP contribution is 2.32. The van der Waals surface area contributed by atoms with Crippen molar-refractivity contribution in [2.24, 2.45) is 0 Å². The van der Waals surface area contributed by atoms with E-state index >= 15 is 0 Å². The first-order valence-corrected chi connectivity index (χ1v) is 11.5. The fourth-order valence-electron chi connectivity index (χ4n) is 3.03. The summed E-state index contributed by atoms with van der Waals surface area (Å²) in [7, 11) is -3.57. The number of thiazole rings is 1. The maximum Gasteiger partial charge on any atom is 0.261 e. The molecule has 0 N–H and O–H groups in total. The Labute approximate surface area is 172 Å². The van der Waals surface area contributed by atoms with Crippen LogP contribution in [0.4, 0.5) is 5.13 Å². The van der Waals surface area contributed by atoms with Crippen LogP contribution in [0.1, 0.15) is 21.7 Å². The number of hydrogen-bond donors (Lipinski definition) is 0. The van der Waals surface area contributed by atoms with E-state index in [1.807, 2.05) is 25.1 Å². The largest absolute Gasteiger partial charge is 0.467 e. The molecule has 6 nitrogen and oxygen atoms in total. The topological polar surface area (TPSA) is 80.5 Å². The van der Waals surface area contributed by atoms with Gasteiger partial charge in [0, 0.05) is 6.26 Å². The van der Waals surface area contributed by atoms with Crippen LogP contribution in [-0.4, -0.2) is 25.6 Å². The van der Waals surface area contributed by atoms with Gasteiger partial charge in [0.15, 0.2) is 15.0 Å². The molecule has 29 heavy (non-hydrogen) atoms. The highest BCUT2D eigenvalue weighted by Gasteiger charge is 2.27. The van der Waals surface area contributed by atoms with E-state index in [9.17, 15) is 13.2 Å². The first-order valence-electron chi connectivity index (χ1n) is 8.83. The van der Waals surface area contributed by atoms with Gasteiger partial charge in [0.25, 0.3) is 5.91 Å². The van der Waals surface area contributed by atoms with E-state index in [0.717, 1.165) is 22.0 Å². The molecule has 0 bridgehead atoms. The Hall–Kier alpha value is -2.97. The fraction of sp³-hybridized carbons (Fsp3) is 0.143. The Balaban J connectivity index is 1.83. The molecule has 8 heteroatoms. The van der Waals surface area contributed by atoms with E-state index < -0.39 is 15.7 Å². The number of hydrogen-bond acceptors (Lipinski definition) is 6. The normalized spacial score (nSPS) is 11.7. The molecule has 0 spiro atoms. The molecular formula is C21H18N2O4S2. The van der Waals surface area contributed by atoms with Gasteiger partial charge in [-0.1, -0.05) is 29.5 Å². The van der Waals surface area contributed by atoms with E-state index in [1.165, 1.54) is 34.6 Å². The van der Waals surface area contributed by atoms with Gasteiger partial charge in [-0.3, -0.25) is 9.69 Å². The number of sulfone groups is 1. The van der Waals surface area contributed by atoms with E-state index in [2.05, 4.69) is 4.98 Å². The van der Waals surface area contributed by atoms with Gasteiger partial charge in [-0.2, -0.15) is 0 Å². The summed E-state index contributed by atoms with van der Waals surface area (Å²) in [6.45, 7) is 2.13. The van der Waals surface area contributed by atoms with Crippen LogP contribution < -0.4 is 4.90 Å². The molecule has 0 aliphatic heterocycles. The third-order valence-corrected chi connectivity index (χ3v) is 6.62. The Morgan fingerprint density at radius 2 is 1.93 bits per heavy atom. The van der Waals surface area contributed by atoms with Gasteiger partial charge in [0.05, 0.1) is 33.5 Å². The molecule has 0 unspecified atom stereocenters. The van der Waals surface area contributed by atoms with Crippen molar-refractivity contribution in [3.8, 4) is 0 Å². The minimum Gasteiger partial charge on any atom is -0.467 e. The number of fused-ring (bicyclic) bond motifs is 1. The summed E-state index contributed by atoms with van der Waals surface area (Å²) in [4.78, 5) is 19.5. The van der Waals surface area contributed by atoms with Crippen molar-refractivity contribution in [3.05, 3.63) is 77.7 Å². The van der Waals surface area contributed by atoms with Crippen LogP contribution in [-0.2, 0) is 16.4 Å². The van der Waals surface area contributed by atoms with E-state index in [-0.39, 0.29) is 17.0 Å². The lowest BCUT2D eigenvalue weighted by atomic mass is 10.2. The van der Waals surface area contributed by atoms with Crippen LogP contribution in [0.5, 0.6) is 0 Å². The first-order chi connectivity index (χ1) is 13.8. The Morgan fingerprint density at radius 1 is 1.14 bits per heavy atom. The van der Waals surface area contributed by atoms with Gasteiger partial charge in [0.1, 0.15) is 5.76 Å². The van der Waals surface area contributed by atoms with Gasteiger partial charge in [-0.05, 0) is 48.9 Å². The molecule has 148 valence electrons. The van der Waals surface area contributed by atoms with Crippen molar-refractivity contribution in [3.63, 3.8) is 0 Å². The number of furan rings is 1. The second-order valence-electron chi connectivity index (χ2n) is 6.71. The number of carbonyl (C=O) groups excluding carboxylic acids is 1. The first kappa shape index (κ1) is 19.4. The van der Waals surface area contributed by atoms with Crippen LogP contribution in [0.3, 0.4) is 0 Å². The lowest BCUT2D eigenvalue weighted by Crippen LogP contribution is -2.31. The third kappa shape index (κ3) is 3.94. The Morgan fingerprint density at radius 3 is 2.66 bits per heavy atom. The summed E-state index contributed by atoms with van der Waals surface area (Å²) in [6.07, 6.45) is 2.63. The Bertz CT molecular complexity index is 1290. The summed E-state index contributed by atoms with van der Waals surface area (Å²) in [6, 6.07) is 15.6. The van der Waals surface area contributed by atoms with E-state index in [1.54, 1.807) is 24.3 Å². The lowest BCUT2D eigenvalue weighted by Gasteiger charge is -2.20. The van der Waals surface area contributed by atoms with Crippen LogP contribution >= 0.6 is 11.3 Å². The monoisotopic (exact) mass is 426 g/mol. The predicted octanol–water partition coefficient (Wildman–Crippen LogP) is 4.45. The Kier molecular flexibility index (Phi) is 4.97. The van der Waals surface area contributed by atoms with Crippen molar-refractivity contribution in [1.29, 1.82) is 0 Å². The minimum absolute atomic E-state index is 0.00796. The minimum atomic E-state index is -3.57. The molecule has 2 aromatic carbocycles. The molecule has 0 fully saturated rings. The number of benzene rings is 2. The maximum absolute atomic E-state index is 13.5. The molecule has 4 aromatic rings. The molecule has 2 aromatic heterocycles. The number of nitrogens with zero attached hydrogens (tertiary/aromatic N) is 2. The van der Waals surface area contributed by atoms with Gasteiger partial charge < -0.3 is 4.42 Å². The second-order valence-corrected chi connectivity index (χ2v) is 9.70. The summed E-state index contributed by atoms with van der Waals surface area (Å²) in [5.74, 6) is 0.129. The zero-order valence-electron chi connectivity index (χ0n) is 15.8. The summed E-state index contributed by atoms with van der Waals surface area (Å²) in [5.41, 5.74) is 1.99. The average molecular weight is 427 g/mol. The van der Waals surface area contributed by atoms with E-state index in [0.29, 0.717) is 10.9 Å². The number of anilines is 1. The van der Waals surface area contributed by atoms with E-state index in [4.69, 9.17) is 4.42 Å². The van der Waals surface area contributed by atoms with Crippen molar-refractivity contribution in [2.75, 3.05) is 11.2 Å². The zero-order valence-corrected chi connectivity index (χ0v) is 17.5. The predicted molar refractivity (Wildman–Crippen MR) is 113 cm³/mol. The second kappa shape index (κ2) is 7.46. The van der Waals surface area contributed by atoms with Crippen LogP contribution in [0.2, 0.25) is 0 Å². The maximum atomic E-state index is 13.5. The molecule has 0 atom stereocenters. The zero-order chi connectivity index (χ0) is 20.6. The molecule has 0 aliphatic carbocycles. The molecule has 0 radical (unpaired) electrons. The quantitative estimate of drug-likeness (QED) is 0.471. The number of rotatable bonds is 5. The smallest absolute Gasteiger partial charge is 0.261 e. The third-order valence-electron chi connectivity index (χ3n) is 4.42. The van der Waals surface area contributed by atoms with Crippen LogP contribution in [0, 0.1) is 6.92 Å². The summed E-state index contributed by atoms with van der Waals surface area (Å²) >= 11 is 1.38. The molecule has 0 saturated heterocycles. The molecule has 0 saturated carbocycles. The fourth-order valence-corrected chi connectivity index (χ4v) is 4.97. The highest BCUT2D eigenvalue weighted by atomic mass is 32.2. The van der Waals surface area contributed by atoms with Crippen LogP contribution in [0.25, 0.3) is 10.2 Å².